The Morgan fingerprint density at radius 2 is 1.59 bits per heavy atom. The summed E-state index contributed by atoms with van der Waals surface area (Å²) in [5, 5.41) is 9.67. The Balaban J connectivity index is 1.37. The zero-order valence-corrected chi connectivity index (χ0v) is 16.3. The fraction of sp³-hybridized carbons (Fsp3) is 0.417. The molecule has 2 aromatic rings. The molecule has 3 aliphatic rings. The van der Waals surface area contributed by atoms with Gasteiger partial charge in [0.1, 0.15) is 12.6 Å². The van der Waals surface area contributed by atoms with Crippen molar-refractivity contribution in [2.24, 2.45) is 5.92 Å². The number of rotatable bonds is 3. The predicted octanol–water partition coefficient (Wildman–Crippen LogP) is 4.65. The van der Waals surface area contributed by atoms with Crippen LogP contribution in [0.2, 0.25) is 0 Å². The van der Waals surface area contributed by atoms with Crippen molar-refractivity contribution < 1.29 is 19.4 Å². The summed E-state index contributed by atoms with van der Waals surface area (Å²) in [7, 11) is 0. The fourth-order valence-corrected chi connectivity index (χ4v) is 5.61. The number of hydrogen-bond donors (Lipinski definition) is 1. The summed E-state index contributed by atoms with van der Waals surface area (Å²) < 4.78 is 5.78. The van der Waals surface area contributed by atoms with Crippen molar-refractivity contribution in [3.05, 3.63) is 59.7 Å². The lowest BCUT2D eigenvalue weighted by Gasteiger charge is -2.32. The lowest BCUT2D eigenvalue weighted by atomic mass is 9.85. The van der Waals surface area contributed by atoms with E-state index in [1.807, 2.05) is 24.3 Å². The van der Waals surface area contributed by atoms with Crippen LogP contribution in [0.25, 0.3) is 11.1 Å². The van der Waals surface area contributed by atoms with Crippen molar-refractivity contribution in [1.29, 1.82) is 0 Å². The smallest absolute Gasteiger partial charge is 0.410 e. The molecule has 5 heteroatoms. The molecule has 5 rings (SSSR count). The van der Waals surface area contributed by atoms with Gasteiger partial charge in [-0.25, -0.2) is 9.59 Å². The van der Waals surface area contributed by atoms with E-state index in [0.29, 0.717) is 6.42 Å². The van der Waals surface area contributed by atoms with E-state index in [0.717, 1.165) is 36.8 Å². The Kier molecular flexibility index (Phi) is 4.53. The maximum Gasteiger partial charge on any atom is 0.410 e. The van der Waals surface area contributed by atoms with E-state index in [4.69, 9.17) is 4.74 Å². The molecule has 150 valence electrons. The number of amides is 1. The van der Waals surface area contributed by atoms with Crippen LogP contribution in [0, 0.1) is 5.92 Å². The lowest BCUT2D eigenvalue weighted by molar-refractivity contribution is -0.142. The molecule has 2 aromatic carbocycles. The number of fused-ring (bicyclic) bond motifs is 4. The Bertz CT molecular complexity index is 910. The third-order valence-electron chi connectivity index (χ3n) is 6.92. The fourth-order valence-electron chi connectivity index (χ4n) is 5.61. The topological polar surface area (TPSA) is 66.8 Å². The number of ether oxygens (including phenoxy) is 1. The molecule has 0 aromatic heterocycles. The number of nitrogens with zero attached hydrogens (tertiary/aromatic N) is 1. The molecule has 0 spiro atoms. The first-order valence-electron chi connectivity index (χ1n) is 10.5. The standard InChI is InChI=1S/C24H25NO4/c26-23(27)22-13-15-7-1-6-12-21(15)25(22)24(28)29-14-20-18-10-4-2-8-16(18)17-9-3-5-11-19(17)20/h2-5,8-11,15,20-22H,1,6-7,12-14H2,(H,26,27)/t15-,21+,22+/m1/s1. The highest BCUT2D eigenvalue weighted by molar-refractivity contribution is 5.82. The Labute approximate surface area is 170 Å². The van der Waals surface area contributed by atoms with Crippen molar-refractivity contribution >= 4 is 12.1 Å². The number of carboxylic acid groups (broad SMARTS) is 1. The summed E-state index contributed by atoms with van der Waals surface area (Å²) in [4.78, 5) is 26.4. The molecule has 1 N–H and O–H groups in total. The normalized spacial score (nSPS) is 25.2. The second-order valence-corrected chi connectivity index (χ2v) is 8.41. The van der Waals surface area contributed by atoms with Gasteiger partial charge in [-0.1, -0.05) is 61.4 Å². The largest absolute Gasteiger partial charge is 0.480 e. The number of benzene rings is 2. The average molecular weight is 391 g/mol. The van der Waals surface area contributed by atoms with Gasteiger partial charge in [0.25, 0.3) is 0 Å². The minimum absolute atomic E-state index is 0.000463. The Morgan fingerprint density at radius 1 is 0.966 bits per heavy atom. The van der Waals surface area contributed by atoms with Gasteiger partial charge >= 0.3 is 12.1 Å². The first-order valence-corrected chi connectivity index (χ1v) is 10.5. The lowest BCUT2D eigenvalue weighted by Crippen LogP contribution is -2.46. The van der Waals surface area contributed by atoms with Crippen LogP contribution >= 0.6 is 0 Å². The molecule has 1 heterocycles. The number of carboxylic acids is 1. The molecule has 1 amide bonds. The van der Waals surface area contributed by atoms with Crippen molar-refractivity contribution in [2.75, 3.05) is 6.61 Å². The van der Waals surface area contributed by atoms with Crippen LogP contribution in [0.3, 0.4) is 0 Å². The highest BCUT2D eigenvalue weighted by Gasteiger charge is 2.48. The number of likely N-dealkylation sites (tertiary alicyclic amines) is 1. The molecule has 2 fully saturated rings. The first-order chi connectivity index (χ1) is 14.1. The highest BCUT2D eigenvalue weighted by Crippen LogP contribution is 2.45. The van der Waals surface area contributed by atoms with E-state index in [1.165, 1.54) is 16.0 Å². The van der Waals surface area contributed by atoms with Crippen molar-refractivity contribution in [1.82, 2.24) is 4.90 Å². The zero-order chi connectivity index (χ0) is 20.0. The van der Waals surface area contributed by atoms with Gasteiger partial charge in [-0.15, -0.1) is 0 Å². The molecule has 29 heavy (non-hydrogen) atoms. The molecule has 0 unspecified atom stereocenters. The molecule has 1 saturated carbocycles. The van der Waals surface area contributed by atoms with Crippen LogP contribution in [-0.4, -0.2) is 40.8 Å². The molecule has 0 bridgehead atoms. The summed E-state index contributed by atoms with van der Waals surface area (Å²) in [6, 6.07) is 15.7. The average Bonchev–Trinajstić information content (AvgIpc) is 3.29. The Hall–Kier alpha value is -2.82. The first kappa shape index (κ1) is 18.2. The molecule has 5 nitrogen and oxygen atoms in total. The van der Waals surface area contributed by atoms with E-state index < -0.39 is 18.1 Å². The summed E-state index contributed by atoms with van der Waals surface area (Å²) in [6.07, 6.45) is 4.10. The van der Waals surface area contributed by atoms with Crippen molar-refractivity contribution in [3.63, 3.8) is 0 Å². The zero-order valence-electron chi connectivity index (χ0n) is 16.3. The van der Waals surface area contributed by atoms with Crippen molar-refractivity contribution in [3.8, 4) is 11.1 Å². The summed E-state index contributed by atoms with van der Waals surface area (Å²) in [5.74, 6) is -0.655. The van der Waals surface area contributed by atoms with Gasteiger partial charge in [0, 0.05) is 12.0 Å². The molecule has 1 aliphatic heterocycles. The van der Waals surface area contributed by atoms with Gasteiger partial charge in [0.05, 0.1) is 0 Å². The Morgan fingerprint density at radius 3 is 2.24 bits per heavy atom. The van der Waals surface area contributed by atoms with Gasteiger partial charge in [-0.3, -0.25) is 4.90 Å². The van der Waals surface area contributed by atoms with E-state index in [9.17, 15) is 14.7 Å². The van der Waals surface area contributed by atoms with Crippen LogP contribution in [0.1, 0.15) is 49.1 Å². The monoisotopic (exact) mass is 391 g/mol. The molecule has 2 aliphatic carbocycles. The van der Waals surface area contributed by atoms with Crippen LogP contribution in [0.4, 0.5) is 4.79 Å². The van der Waals surface area contributed by atoms with Crippen molar-refractivity contribution in [2.45, 2.75) is 50.1 Å². The number of carbonyl (C=O) groups excluding carboxylic acids is 1. The van der Waals surface area contributed by atoms with Crippen LogP contribution in [-0.2, 0) is 9.53 Å². The van der Waals surface area contributed by atoms with Gasteiger partial charge in [0.2, 0.25) is 0 Å². The second-order valence-electron chi connectivity index (χ2n) is 8.41. The van der Waals surface area contributed by atoms with E-state index in [1.54, 1.807) is 0 Å². The summed E-state index contributed by atoms with van der Waals surface area (Å²) in [5.41, 5.74) is 4.68. The minimum atomic E-state index is -0.923. The molecule has 3 atom stereocenters. The van der Waals surface area contributed by atoms with Gasteiger partial charge in [-0.2, -0.15) is 0 Å². The SMILES string of the molecule is O=C(O)[C@@H]1C[C@H]2CCCC[C@@H]2N1C(=O)OCC1c2ccccc2-c2ccccc21. The predicted molar refractivity (Wildman–Crippen MR) is 109 cm³/mol. The maximum atomic E-state index is 13.0. The number of carbonyl (C=O) groups is 2. The van der Waals surface area contributed by atoms with Gasteiger partial charge in [-0.05, 0) is 47.4 Å². The quantitative estimate of drug-likeness (QED) is 0.827. The van der Waals surface area contributed by atoms with Crippen LogP contribution in [0.15, 0.2) is 48.5 Å². The molecular weight excluding hydrogens is 366 g/mol. The number of aliphatic carboxylic acids is 1. The van der Waals surface area contributed by atoms with E-state index in [-0.39, 0.29) is 24.5 Å². The van der Waals surface area contributed by atoms with E-state index >= 15 is 0 Å². The molecule has 1 saturated heterocycles. The minimum Gasteiger partial charge on any atom is -0.480 e. The van der Waals surface area contributed by atoms with Crippen LogP contribution in [0.5, 0.6) is 0 Å². The molecular formula is C24H25NO4. The number of hydrogen-bond acceptors (Lipinski definition) is 3. The van der Waals surface area contributed by atoms with Gasteiger partial charge in [0.15, 0.2) is 0 Å². The summed E-state index contributed by atoms with van der Waals surface area (Å²) >= 11 is 0. The summed E-state index contributed by atoms with van der Waals surface area (Å²) in [6.45, 7) is 0.229. The van der Waals surface area contributed by atoms with Crippen LogP contribution < -0.4 is 0 Å². The molecule has 0 radical (unpaired) electrons. The van der Waals surface area contributed by atoms with Gasteiger partial charge < -0.3 is 9.84 Å². The third-order valence-corrected chi connectivity index (χ3v) is 6.92. The highest BCUT2D eigenvalue weighted by atomic mass is 16.6. The second kappa shape index (κ2) is 7.21. The third kappa shape index (κ3) is 3.00. The van der Waals surface area contributed by atoms with E-state index in [2.05, 4.69) is 24.3 Å². The maximum absolute atomic E-state index is 13.0.